The maximum absolute atomic E-state index is 15.3. The molecule has 6 amide bonds. The number of hydrogen-bond donors (Lipinski definition) is 6. The molecule has 2 aliphatic heterocycles. The van der Waals surface area contributed by atoms with Gasteiger partial charge < -0.3 is 46.9 Å². The van der Waals surface area contributed by atoms with Crippen molar-refractivity contribution in [3.8, 4) is 49.1 Å². The molecule has 11 rings (SSSR count). The highest BCUT2D eigenvalue weighted by Gasteiger charge is 2.46. The van der Waals surface area contributed by atoms with E-state index in [1.807, 2.05) is 12.3 Å². The molecule has 7 aromatic heterocycles. The van der Waals surface area contributed by atoms with Crippen molar-refractivity contribution < 1.29 is 48.1 Å². The van der Waals surface area contributed by atoms with Crippen LogP contribution in [0, 0.1) is 12.8 Å². The number of hydrogen-bond acceptors (Lipinski definition) is 23. The zero-order chi connectivity index (χ0) is 61.2. The molecule has 29 heteroatoms. The Morgan fingerprint density at radius 1 is 0.724 bits per heavy atom. The fourth-order valence-electron chi connectivity index (χ4n) is 10.1. The van der Waals surface area contributed by atoms with Gasteiger partial charge >= 0.3 is 6.09 Å². The standard InChI is InChI=1S/C58H53N13O10S6/c1-5-61-58(79)81-47(29-9-7-6-8-10-29)32-18-41(72)44-27(3)87-55(70-44)34(19-43(59)74)63-49(76)38-23-82-51(67-38)31-15-16-33(53-66-37(22-85-53)48(60)75)62-45(31)36-21-84-54(65-36)40-25-86-56(69-40)46-26(2)42(73)20-71(46)57(78)35(17-28-11-13-30(80-4)14-12-28)64-50(77)39-24-83-52(32)68-39/h6-16,21-26,32,34-35,42,46-47,73H,5,17-20H2,1-4H3,(H2,59,74)(H2,60,75)(H,61,79)(H,63,76)(H,64,77)/t26-,32-,34-,35-,42-,46-,47+/m0/s1. The van der Waals surface area contributed by atoms with Gasteiger partial charge in [-0.1, -0.05) is 49.4 Å². The molecule has 9 aromatic rings. The number of aliphatic hydroxyl groups is 1. The van der Waals surface area contributed by atoms with Gasteiger partial charge in [-0.05, 0) is 49.2 Å². The number of alkyl carbamates (subject to hydrolysis) is 1. The minimum absolute atomic E-state index is 0.00801. The fourth-order valence-corrected chi connectivity index (χ4v) is 15.5. The molecule has 0 spiro atoms. The number of aryl methyl sites for hydroxylation is 1. The lowest BCUT2D eigenvalue weighted by molar-refractivity contribution is -0.134. The zero-order valence-corrected chi connectivity index (χ0v) is 51.5. The van der Waals surface area contributed by atoms with Crippen LogP contribution in [0.4, 0.5) is 4.79 Å². The predicted octanol–water partition coefficient (Wildman–Crippen LogP) is 8.33. The van der Waals surface area contributed by atoms with E-state index in [0.29, 0.717) is 70.1 Å². The van der Waals surface area contributed by atoms with Crippen molar-refractivity contribution in [1.82, 2.24) is 55.7 Å². The first kappa shape index (κ1) is 60.1. The van der Waals surface area contributed by atoms with Gasteiger partial charge in [-0.25, -0.2) is 39.7 Å². The fraction of sp³-hybridized carbons (Fsp3) is 0.276. The number of thiazole rings is 6. The zero-order valence-electron chi connectivity index (χ0n) is 46.6. The maximum Gasteiger partial charge on any atom is 0.407 e. The van der Waals surface area contributed by atoms with Crippen LogP contribution in [0.5, 0.6) is 5.75 Å². The number of carbonyl (C=O) groups excluding carboxylic acids is 7. The smallest absolute Gasteiger partial charge is 0.407 e. The van der Waals surface area contributed by atoms with Gasteiger partial charge in [0.2, 0.25) is 11.8 Å². The van der Waals surface area contributed by atoms with E-state index in [4.69, 9.17) is 50.8 Å². The van der Waals surface area contributed by atoms with E-state index in [1.165, 1.54) is 51.9 Å². The summed E-state index contributed by atoms with van der Waals surface area (Å²) in [5.74, 6) is -4.84. The predicted molar refractivity (Wildman–Crippen MR) is 329 cm³/mol. The molecular weight excluding hydrogens is 1230 g/mol. The van der Waals surface area contributed by atoms with Crippen LogP contribution in [-0.4, -0.2) is 119 Å². The largest absolute Gasteiger partial charge is 0.497 e. The van der Waals surface area contributed by atoms with Crippen LogP contribution >= 0.6 is 68.0 Å². The Morgan fingerprint density at radius 2 is 1.38 bits per heavy atom. The molecule has 9 heterocycles. The average Bonchev–Trinajstić information content (AvgIpc) is 2.57. The number of ketones is 1. The molecule has 1 fully saturated rings. The van der Waals surface area contributed by atoms with E-state index in [2.05, 4.69) is 20.9 Å². The van der Waals surface area contributed by atoms with Crippen molar-refractivity contribution in [2.75, 3.05) is 20.2 Å². The number of Topliss-reactive ketones (excluding diaryl/α,β-unsaturated/α-hetero) is 1. The molecule has 10 bridgehead atoms. The van der Waals surface area contributed by atoms with Gasteiger partial charge in [0.05, 0.1) is 43.3 Å². The second-order valence-corrected chi connectivity index (χ2v) is 25.9. The van der Waals surface area contributed by atoms with Gasteiger partial charge in [0.25, 0.3) is 17.7 Å². The average molecular weight is 1280 g/mol. The minimum Gasteiger partial charge on any atom is -0.497 e. The third-order valence-corrected chi connectivity index (χ3v) is 20.1. The summed E-state index contributed by atoms with van der Waals surface area (Å²) in [7, 11) is 1.54. The number of methoxy groups -OCH3 is 1. The summed E-state index contributed by atoms with van der Waals surface area (Å²) in [5, 5.41) is 30.5. The third kappa shape index (κ3) is 12.9. The number of fused-ring (bicyclic) bond motifs is 16. The Balaban J connectivity index is 1.03. The summed E-state index contributed by atoms with van der Waals surface area (Å²) < 4.78 is 11.5. The van der Waals surface area contributed by atoms with Crippen LogP contribution in [0.15, 0.2) is 93.6 Å². The Bertz CT molecular complexity index is 4080. The van der Waals surface area contributed by atoms with E-state index < -0.39 is 90.0 Å². The Morgan fingerprint density at radius 3 is 2.10 bits per heavy atom. The summed E-state index contributed by atoms with van der Waals surface area (Å²) >= 11 is 7.02. The summed E-state index contributed by atoms with van der Waals surface area (Å²) in [5.41, 5.74) is 14.6. The number of aliphatic hydroxyl groups excluding tert-OH is 1. The molecule has 2 aromatic carbocycles. The molecule has 446 valence electrons. The van der Waals surface area contributed by atoms with Gasteiger partial charge in [0.1, 0.15) is 87.8 Å². The van der Waals surface area contributed by atoms with Crippen molar-refractivity contribution in [2.45, 2.75) is 76.3 Å². The lowest BCUT2D eigenvalue weighted by Gasteiger charge is -2.29. The normalized spacial score (nSPS) is 19.3. The molecule has 0 unspecified atom stereocenters. The van der Waals surface area contributed by atoms with Crippen LogP contribution in [0.2, 0.25) is 0 Å². The van der Waals surface area contributed by atoms with Gasteiger partial charge in [-0.15, -0.1) is 68.0 Å². The van der Waals surface area contributed by atoms with Crippen LogP contribution in [0.3, 0.4) is 0 Å². The second kappa shape index (κ2) is 25.8. The van der Waals surface area contributed by atoms with E-state index in [9.17, 15) is 33.9 Å². The number of amides is 6. The maximum atomic E-state index is 15.3. The molecular formula is C58H53N13O10S6. The van der Waals surface area contributed by atoms with E-state index in [1.54, 1.807) is 96.2 Å². The lowest BCUT2D eigenvalue weighted by atomic mass is 9.90. The molecule has 1 saturated heterocycles. The summed E-state index contributed by atoms with van der Waals surface area (Å²) in [6, 6.07) is 16.2. The number of nitrogens with one attached hydrogen (secondary N) is 3. The number of nitrogens with two attached hydrogens (primary N) is 2. The van der Waals surface area contributed by atoms with Gasteiger partial charge in [-0.2, -0.15) is 0 Å². The first-order chi connectivity index (χ1) is 41.9. The Kier molecular flexibility index (Phi) is 17.8. The first-order valence-corrected chi connectivity index (χ1v) is 32.3. The quantitative estimate of drug-likeness (QED) is 0.0708. The third-order valence-electron chi connectivity index (χ3n) is 14.5. The molecule has 0 saturated carbocycles. The number of pyridine rings is 1. The Hall–Kier alpha value is -8.58. The second-order valence-electron chi connectivity index (χ2n) is 20.3. The summed E-state index contributed by atoms with van der Waals surface area (Å²) in [6.45, 7) is 5.39. The molecule has 2 aliphatic rings. The molecule has 23 nitrogen and oxygen atoms in total. The van der Waals surface area contributed by atoms with Crippen LogP contribution < -0.4 is 32.2 Å². The van der Waals surface area contributed by atoms with Crippen molar-refractivity contribution in [2.24, 2.45) is 17.4 Å². The number of primary amides is 2. The number of carbonyl (C=O) groups is 7. The van der Waals surface area contributed by atoms with Crippen molar-refractivity contribution in [3.05, 3.63) is 147 Å². The van der Waals surface area contributed by atoms with Crippen molar-refractivity contribution >= 4 is 109 Å². The molecule has 0 radical (unpaired) electrons. The molecule has 7 atom stereocenters. The van der Waals surface area contributed by atoms with Crippen molar-refractivity contribution in [1.29, 1.82) is 0 Å². The molecule has 8 N–H and O–H groups in total. The lowest BCUT2D eigenvalue weighted by Crippen LogP contribution is -2.50. The first-order valence-electron chi connectivity index (χ1n) is 27.0. The summed E-state index contributed by atoms with van der Waals surface area (Å²) in [4.78, 5) is 133. The monoisotopic (exact) mass is 1280 g/mol. The highest BCUT2D eigenvalue weighted by atomic mass is 32.1. The molecule has 87 heavy (non-hydrogen) atoms. The van der Waals surface area contributed by atoms with Crippen LogP contribution in [0.1, 0.15) is 124 Å². The van der Waals surface area contributed by atoms with Crippen LogP contribution in [-0.2, 0) is 20.7 Å². The van der Waals surface area contributed by atoms with E-state index in [0.717, 1.165) is 34.0 Å². The highest BCUT2D eigenvalue weighted by molar-refractivity contribution is 7.15. The molecule has 0 aliphatic carbocycles. The number of benzene rings is 2. The van der Waals surface area contributed by atoms with Gasteiger partial charge in [-0.3, -0.25) is 28.8 Å². The minimum atomic E-state index is -1.22. The van der Waals surface area contributed by atoms with Gasteiger partial charge in [0.15, 0.2) is 5.78 Å². The number of rotatable bonds is 11. The van der Waals surface area contributed by atoms with Crippen LogP contribution in [0.25, 0.3) is 43.4 Å². The number of ether oxygens (including phenoxy) is 2. The van der Waals surface area contributed by atoms with Crippen molar-refractivity contribution in [3.63, 3.8) is 0 Å². The number of aromatic nitrogens is 7. The van der Waals surface area contributed by atoms with E-state index >= 15 is 4.79 Å². The van der Waals surface area contributed by atoms with E-state index in [-0.39, 0.29) is 58.7 Å². The number of nitrogens with zero attached hydrogens (tertiary/aromatic N) is 8. The SMILES string of the molecule is CCNC(=O)O[C@H](c1ccccc1)[C@@H]1CC(=O)c2nc(sc2C)[C@H](CC(N)=O)NC(=O)c2csc(n2)-c2ccc(-c3nc(C(N)=O)cs3)nc2-c2csc(n2)-c2csc(n2)[C@@H]2[C@@H](C)[C@@H](O)CN2C(=O)[C@H](Cc2ccc(OC)cc2)NC(=O)c2csc1n2. The summed E-state index contributed by atoms with van der Waals surface area (Å²) in [6.07, 6.45) is -3.63. The Labute approximate surface area is 520 Å². The highest BCUT2D eigenvalue weighted by Crippen LogP contribution is 2.44. The topological polar surface area (TPSA) is 340 Å². The van der Waals surface area contributed by atoms with Gasteiger partial charge in [0, 0.05) is 69.2 Å².